The van der Waals surface area contributed by atoms with Crippen LogP contribution in [0, 0.1) is 13.8 Å². The number of nitrogens with zero attached hydrogens (tertiary/aromatic N) is 2. The van der Waals surface area contributed by atoms with E-state index in [2.05, 4.69) is 49.2 Å². The largest absolute Gasteiger partial charge is 0.382 e. The van der Waals surface area contributed by atoms with Crippen LogP contribution in [0.25, 0.3) is 0 Å². The molecule has 0 spiro atoms. The summed E-state index contributed by atoms with van der Waals surface area (Å²) in [6.45, 7) is 14.1. The van der Waals surface area contributed by atoms with Crippen molar-refractivity contribution in [2.75, 3.05) is 46.0 Å². The van der Waals surface area contributed by atoms with Crippen LogP contribution < -0.4 is 5.32 Å². The quantitative estimate of drug-likeness (QED) is 0.468. The predicted octanol–water partition coefficient (Wildman–Crippen LogP) is 3.07. The van der Waals surface area contributed by atoms with Crippen LogP contribution in [0.5, 0.6) is 0 Å². The van der Waals surface area contributed by atoms with E-state index < -0.39 is 0 Å². The number of ether oxygens (including phenoxy) is 2. The zero-order valence-electron chi connectivity index (χ0n) is 16.2. The van der Waals surface area contributed by atoms with E-state index in [1.54, 1.807) is 0 Å². The highest BCUT2D eigenvalue weighted by Crippen LogP contribution is 2.25. The normalized spacial score (nSPS) is 18.5. The second-order valence-electron chi connectivity index (χ2n) is 6.45. The molecule has 1 aliphatic rings. The Hall–Kier alpha value is -1.59. The van der Waals surface area contributed by atoms with E-state index in [9.17, 15) is 0 Å². The van der Waals surface area contributed by atoms with Crippen molar-refractivity contribution in [1.82, 2.24) is 10.2 Å². The van der Waals surface area contributed by atoms with E-state index in [1.807, 2.05) is 6.92 Å². The van der Waals surface area contributed by atoms with Gasteiger partial charge >= 0.3 is 0 Å². The third-order valence-electron chi connectivity index (χ3n) is 4.39. The third-order valence-corrected chi connectivity index (χ3v) is 4.39. The standard InChI is InChI=1S/C20H33N3O2/c1-5-21-20(22-10-7-12-24-6-2)23-11-13-25-19(15-23)18-9-8-16(3)14-17(18)4/h8-9,14,19H,5-7,10-13,15H2,1-4H3,(H,21,22). The van der Waals surface area contributed by atoms with Gasteiger partial charge in [0.25, 0.3) is 0 Å². The van der Waals surface area contributed by atoms with Gasteiger partial charge < -0.3 is 19.7 Å². The molecule has 1 aromatic rings. The first-order valence-electron chi connectivity index (χ1n) is 9.45. The SMILES string of the molecule is CCNC(=NCCCOCC)N1CCOC(c2ccc(C)cc2C)C1. The fraction of sp³-hybridized carbons (Fsp3) is 0.650. The molecule has 140 valence electrons. The van der Waals surface area contributed by atoms with Crippen LogP contribution in [-0.4, -0.2) is 56.9 Å². The minimum atomic E-state index is 0.0987. The molecule has 0 amide bonds. The minimum Gasteiger partial charge on any atom is -0.382 e. The van der Waals surface area contributed by atoms with E-state index in [1.165, 1.54) is 16.7 Å². The number of aryl methyl sites for hydroxylation is 2. The van der Waals surface area contributed by atoms with Crippen LogP contribution in [0.15, 0.2) is 23.2 Å². The maximum atomic E-state index is 6.06. The third kappa shape index (κ3) is 6.01. The zero-order valence-corrected chi connectivity index (χ0v) is 16.2. The molecule has 0 aromatic heterocycles. The summed E-state index contributed by atoms with van der Waals surface area (Å²) in [5.41, 5.74) is 3.87. The molecule has 1 atom stereocenters. The Morgan fingerprint density at radius 3 is 2.92 bits per heavy atom. The van der Waals surface area contributed by atoms with E-state index in [4.69, 9.17) is 14.5 Å². The molecule has 1 aromatic carbocycles. The number of morpholine rings is 1. The molecular weight excluding hydrogens is 314 g/mol. The Kier molecular flexibility index (Phi) is 8.22. The topological polar surface area (TPSA) is 46.1 Å². The molecule has 5 nitrogen and oxygen atoms in total. The van der Waals surface area contributed by atoms with Crippen LogP contribution in [0.3, 0.4) is 0 Å². The maximum absolute atomic E-state index is 6.06. The lowest BCUT2D eigenvalue weighted by molar-refractivity contribution is -0.00834. The van der Waals surface area contributed by atoms with Gasteiger partial charge in [-0.2, -0.15) is 0 Å². The van der Waals surface area contributed by atoms with Gasteiger partial charge in [0.05, 0.1) is 13.2 Å². The van der Waals surface area contributed by atoms with Crippen molar-refractivity contribution in [3.63, 3.8) is 0 Å². The molecule has 0 radical (unpaired) electrons. The van der Waals surface area contributed by atoms with Gasteiger partial charge in [-0.05, 0) is 45.2 Å². The van der Waals surface area contributed by atoms with Gasteiger partial charge in [0.1, 0.15) is 6.10 Å². The summed E-state index contributed by atoms with van der Waals surface area (Å²) in [6, 6.07) is 6.59. The molecule has 25 heavy (non-hydrogen) atoms. The molecule has 1 unspecified atom stereocenters. The summed E-state index contributed by atoms with van der Waals surface area (Å²) in [6.07, 6.45) is 1.05. The molecule has 2 rings (SSSR count). The highest BCUT2D eigenvalue weighted by molar-refractivity contribution is 5.80. The van der Waals surface area contributed by atoms with E-state index in [0.29, 0.717) is 0 Å². The average molecular weight is 348 g/mol. The molecular formula is C20H33N3O2. The summed E-state index contributed by atoms with van der Waals surface area (Å²) < 4.78 is 11.5. The Morgan fingerprint density at radius 2 is 2.20 bits per heavy atom. The van der Waals surface area contributed by atoms with Crippen molar-refractivity contribution < 1.29 is 9.47 Å². The van der Waals surface area contributed by atoms with Crippen molar-refractivity contribution in [3.8, 4) is 0 Å². The maximum Gasteiger partial charge on any atom is 0.194 e. The molecule has 1 aliphatic heterocycles. The molecule has 5 heteroatoms. The predicted molar refractivity (Wildman–Crippen MR) is 103 cm³/mol. The Balaban J connectivity index is 2.02. The van der Waals surface area contributed by atoms with Crippen molar-refractivity contribution in [3.05, 3.63) is 34.9 Å². The first kappa shape index (κ1) is 19.7. The van der Waals surface area contributed by atoms with Gasteiger partial charge in [-0.15, -0.1) is 0 Å². The molecule has 1 fully saturated rings. The van der Waals surface area contributed by atoms with E-state index in [0.717, 1.165) is 58.4 Å². The van der Waals surface area contributed by atoms with Crippen molar-refractivity contribution in [2.24, 2.45) is 4.99 Å². The summed E-state index contributed by atoms with van der Waals surface area (Å²) >= 11 is 0. The van der Waals surface area contributed by atoms with Crippen molar-refractivity contribution >= 4 is 5.96 Å². The van der Waals surface area contributed by atoms with Gasteiger partial charge in [0, 0.05) is 32.8 Å². The number of guanidine groups is 1. The Labute approximate surface area is 152 Å². The number of hydrogen-bond donors (Lipinski definition) is 1. The highest BCUT2D eigenvalue weighted by Gasteiger charge is 2.25. The second kappa shape index (κ2) is 10.4. The molecule has 1 N–H and O–H groups in total. The first-order chi connectivity index (χ1) is 12.2. The van der Waals surface area contributed by atoms with Crippen LogP contribution >= 0.6 is 0 Å². The fourth-order valence-electron chi connectivity index (χ4n) is 3.14. The second-order valence-corrected chi connectivity index (χ2v) is 6.45. The monoisotopic (exact) mass is 347 g/mol. The van der Waals surface area contributed by atoms with E-state index >= 15 is 0 Å². The molecule has 0 aliphatic carbocycles. The first-order valence-corrected chi connectivity index (χ1v) is 9.45. The number of aliphatic imine (C=N–C) groups is 1. The summed E-state index contributed by atoms with van der Waals surface area (Å²) in [7, 11) is 0. The molecule has 1 saturated heterocycles. The minimum absolute atomic E-state index is 0.0987. The summed E-state index contributed by atoms with van der Waals surface area (Å²) in [4.78, 5) is 7.09. The fourth-order valence-corrected chi connectivity index (χ4v) is 3.14. The van der Waals surface area contributed by atoms with Crippen LogP contribution in [0.4, 0.5) is 0 Å². The molecule has 0 bridgehead atoms. The lowest BCUT2D eigenvalue weighted by Gasteiger charge is -2.36. The van der Waals surface area contributed by atoms with Gasteiger partial charge in [0.2, 0.25) is 0 Å². The lowest BCUT2D eigenvalue weighted by atomic mass is 10.00. The summed E-state index contributed by atoms with van der Waals surface area (Å²) in [5, 5.41) is 3.42. The highest BCUT2D eigenvalue weighted by atomic mass is 16.5. The molecule has 1 heterocycles. The van der Waals surface area contributed by atoms with Gasteiger partial charge in [-0.1, -0.05) is 23.8 Å². The van der Waals surface area contributed by atoms with Crippen LogP contribution in [-0.2, 0) is 9.47 Å². The lowest BCUT2D eigenvalue weighted by Crippen LogP contribution is -2.48. The number of benzene rings is 1. The Bertz CT molecular complexity index is 560. The number of nitrogens with one attached hydrogen (secondary N) is 1. The van der Waals surface area contributed by atoms with Crippen LogP contribution in [0.2, 0.25) is 0 Å². The summed E-state index contributed by atoms with van der Waals surface area (Å²) in [5.74, 6) is 0.983. The van der Waals surface area contributed by atoms with Gasteiger partial charge in [-0.3, -0.25) is 4.99 Å². The average Bonchev–Trinajstić information content (AvgIpc) is 2.61. The van der Waals surface area contributed by atoms with Crippen molar-refractivity contribution in [2.45, 2.75) is 40.2 Å². The van der Waals surface area contributed by atoms with Crippen LogP contribution in [0.1, 0.15) is 43.1 Å². The number of hydrogen-bond acceptors (Lipinski definition) is 3. The zero-order chi connectivity index (χ0) is 18.1. The van der Waals surface area contributed by atoms with E-state index in [-0.39, 0.29) is 6.10 Å². The smallest absolute Gasteiger partial charge is 0.194 e. The van der Waals surface area contributed by atoms with Gasteiger partial charge in [0.15, 0.2) is 5.96 Å². The Morgan fingerprint density at radius 1 is 1.36 bits per heavy atom. The number of rotatable bonds is 7. The van der Waals surface area contributed by atoms with Gasteiger partial charge in [-0.25, -0.2) is 0 Å². The van der Waals surface area contributed by atoms with Crippen molar-refractivity contribution in [1.29, 1.82) is 0 Å². The molecule has 0 saturated carbocycles.